The van der Waals surface area contributed by atoms with Crippen molar-refractivity contribution in [2.45, 2.75) is 51.0 Å². The molecule has 88 valence electrons. The Balaban J connectivity index is 2.16. The molecular formula is C14H22N2. The van der Waals surface area contributed by atoms with Gasteiger partial charge in [-0.25, -0.2) is 0 Å². The molecule has 0 radical (unpaired) electrons. The Morgan fingerprint density at radius 1 is 1.38 bits per heavy atom. The zero-order valence-electron chi connectivity index (χ0n) is 10.4. The van der Waals surface area contributed by atoms with Gasteiger partial charge in [0.1, 0.15) is 0 Å². The second-order valence-corrected chi connectivity index (χ2v) is 5.26. The molecular weight excluding hydrogens is 196 g/mol. The third kappa shape index (κ3) is 2.43. The molecule has 1 heterocycles. The number of aromatic nitrogens is 1. The lowest BCUT2D eigenvalue weighted by Gasteiger charge is -2.30. The molecule has 1 fully saturated rings. The van der Waals surface area contributed by atoms with Crippen molar-refractivity contribution in [2.24, 2.45) is 0 Å². The number of pyridine rings is 1. The number of hydrogen-bond donors (Lipinski definition) is 1. The molecule has 1 aromatic heterocycles. The summed E-state index contributed by atoms with van der Waals surface area (Å²) in [7, 11) is 0. The van der Waals surface area contributed by atoms with Crippen molar-refractivity contribution in [3.8, 4) is 0 Å². The molecule has 1 aliphatic carbocycles. The predicted molar refractivity (Wildman–Crippen MR) is 67.5 cm³/mol. The van der Waals surface area contributed by atoms with Crippen molar-refractivity contribution < 1.29 is 0 Å². The van der Waals surface area contributed by atoms with Crippen molar-refractivity contribution in [3.63, 3.8) is 0 Å². The second kappa shape index (κ2) is 4.96. The Morgan fingerprint density at radius 3 is 2.69 bits per heavy atom. The molecule has 0 aromatic carbocycles. The maximum absolute atomic E-state index is 4.27. The summed E-state index contributed by atoms with van der Waals surface area (Å²) >= 11 is 0. The number of rotatable bonds is 4. The highest BCUT2D eigenvalue weighted by Crippen LogP contribution is 2.40. The average molecular weight is 218 g/mol. The van der Waals surface area contributed by atoms with Gasteiger partial charge in [-0.2, -0.15) is 0 Å². The minimum Gasteiger partial charge on any atom is -0.314 e. The Hall–Kier alpha value is -0.890. The molecule has 0 amide bonds. The van der Waals surface area contributed by atoms with Crippen molar-refractivity contribution in [1.29, 1.82) is 0 Å². The minimum atomic E-state index is 0.346. The van der Waals surface area contributed by atoms with Gasteiger partial charge in [0.15, 0.2) is 0 Å². The quantitative estimate of drug-likeness (QED) is 0.840. The van der Waals surface area contributed by atoms with E-state index in [0.29, 0.717) is 11.5 Å². The van der Waals surface area contributed by atoms with Gasteiger partial charge in [0.05, 0.1) is 0 Å². The first-order valence-corrected chi connectivity index (χ1v) is 6.37. The third-order valence-corrected chi connectivity index (χ3v) is 3.68. The maximum Gasteiger partial charge on any atom is 0.0306 e. The SMILES string of the molecule is CC(C)NCC1(c2cccnc2)CCCC1. The lowest BCUT2D eigenvalue weighted by Crippen LogP contribution is -2.39. The van der Waals surface area contributed by atoms with Gasteiger partial charge in [-0.1, -0.05) is 32.8 Å². The van der Waals surface area contributed by atoms with Gasteiger partial charge in [0.2, 0.25) is 0 Å². The van der Waals surface area contributed by atoms with Gasteiger partial charge in [-0.3, -0.25) is 4.98 Å². The lowest BCUT2D eigenvalue weighted by atomic mass is 9.79. The molecule has 0 aliphatic heterocycles. The number of nitrogens with zero attached hydrogens (tertiary/aromatic N) is 1. The van der Waals surface area contributed by atoms with Gasteiger partial charge < -0.3 is 5.32 Å². The maximum atomic E-state index is 4.27. The minimum absolute atomic E-state index is 0.346. The number of nitrogens with one attached hydrogen (secondary N) is 1. The van der Waals surface area contributed by atoms with Crippen LogP contribution in [0.15, 0.2) is 24.5 Å². The van der Waals surface area contributed by atoms with E-state index in [2.05, 4.69) is 36.3 Å². The van der Waals surface area contributed by atoms with Crippen molar-refractivity contribution in [2.75, 3.05) is 6.54 Å². The summed E-state index contributed by atoms with van der Waals surface area (Å²) in [4.78, 5) is 4.27. The molecule has 1 aliphatic rings. The van der Waals surface area contributed by atoms with Gasteiger partial charge in [-0.15, -0.1) is 0 Å². The van der Waals surface area contributed by atoms with Crippen LogP contribution in [0.4, 0.5) is 0 Å². The van der Waals surface area contributed by atoms with E-state index in [0.717, 1.165) is 6.54 Å². The van der Waals surface area contributed by atoms with E-state index in [-0.39, 0.29) is 0 Å². The molecule has 2 heteroatoms. The third-order valence-electron chi connectivity index (χ3n) is 3.68. The standard InChI is InChI=1S/C14H22N2/c1-12(2)16-11-14(7-3-4-8-14)13-6-5-9-15-10-13/h5-6,9-10,12,16H,3-4,7-8,11H2,1-2H3. The second-order valence-electron chi connectivity index (χ2n) is 5.26. The molecule has 0 bridgehead atoms. The number of hydrogen-bond acceptors (Lipinski definition) is 2. The van der Waals surface area contributed by atoms with Crippen LogP contribution in [0, 0.1) is 0 Å². The van der Waals surface area contributed by atoms with Crippen LogP contribution in [0.1, 0.15) is 45.1 Å². The van der Waals surface area contributed by atoms with Crippen LogP contribution >= 0.6 is 0 Å². The molecule has 0 saturated heterocycles. The molecule has 1 aromatic rings. The molecule has 1 N–H and O–H groups in total. The average Bonchev–Trinajstić information content (AvgIpc) is 2.78. The zero-order chi connectivity index (χ0) is 11.4. The molecule has 2 rings (SSSR count). The lowest BCUT2D eigenvalue weighted by molar-refractivity contribution is 0.386. The first-order valence-electron chi connectivity index (χ1n) is 6.37. The zero-order valence-corrected chi connectivity index (χ0v) is 10.4. The fourth-order valence-electron chi connectivity index (χ4n) is 2.70. The van der Waals surface area contributed by atoms with Gasteiger partial charge in [0.25, 0.3) is 0 Å². The van der Waals surface area contributed by atoms with Gasteiger partial charge in [-0.05, 0) is 24.5 Å². The van der Waals surface area contributed by atoms with E-state index in [4.69, 9.17) is 0 Å². The monoisotopic (exact) mass is 218 g/mol. The van der Waals surface area contributed by atoms with Crippen molar-refractivity contribution >= 4 is 0 Å². The van der Waals surface area contributed by atoms with Crippen molar-refractivity contribution in [3.05, 3.63) is 30.1 Å². The molecule has 2 nitrogen and oxygen atoms in total. The first kappa shape index (κ1) is 11.6. The van der Waals surface area contributed by atoms with Gasteiger partial charge >= 0.3 is 0 Å². The summed E-state index contributed by atoms with van der Waals surface area (Å²) < 4.78 is 0. The molecule has 0 unspecified atom stereocenters. The summed E-state index contributed by atoms with van der Waals surface area (Å²) in [6.07, 6.45) is 9.23. The van der Waals surface area contributed by atoms with Crippen LogP contribution in [-0.4, -0.2) is 17.6 Å². The van der Waals surface area contributed by atoms with Gasteiger partial charge in [0, 0.05) is 30.4 Å². The first-order chi connectivity index (χ1) is 7.73. The van der Waals surface area contributed by atoms with Crippen molar-refractivity contribution in [1.82, 2.24) is 10.3 Å². The van der Waals surface area contributed by atoms with Crippen LogP contribution in [0.5, 0.6) is 0 Å². The van der Waals surface area contributed by atoms with E-state index in [1.54, 1.807) is 0 Å². The van der Waals surface area contributed by atoms with Crippen LogP contribution < -0.4 is 5.32 Å². The predicted octanol–water partition coefficient (Wildman–Crippen LogP) is 2.89. The van der Waals surface area contributed by atoms with E-state index in [9.17, 15) is 0 Å². The summed E-state index contributed by atoms with van der Waals surface area (Å²) in [5.41, 5.74) is 1.76. The fraction of sp³-hybridized carbons (Fsp3) is 0.643. The molecule has 1 saturated carbocycles. The molecule has 16 heavy (non-hydrogen) atoms. The Morgan fingerprint density at radius 2 is 2.12 bits per heavy atom. The largest absolute Gasteiger partial charge is 0.314 e. The smallest absolute Gasteiger partial charge is 0.0306 e. The molecule has 0 atom stereocenters. The normalized spacial score (nSPS) is 19.2. The Kier molecular flexibility index (Phi) is 3.59. The summed E-state index contributed by atoms with van der Waals surface area (Å²) in [6, 6.07) is 4.86. The van der Waals surface area contributed by atoms with E-state index < -0.39 is 0 Å². The highest BCUT2D eigenvalue weighted by Gasteiger charge is 2.35. The Bertz CT molecular complexity index is 313. The van der Waals surface area contributed by atoms with Crippen LogP contribution in [0.25, 0.3) is 0 Å². The van der Waals surface area contributed by atoms with E-state index >= 15 is 0 Å². The van der Waals surface area contributed by atoms with Crippen LogP contribution in [0.3, 0.4) is 0 Å². The topological polar surface area (TPSA) is 24.9 Å². The highest BCUT2D eigenvalue weighted by atomic mass is 14.9. The van der Waals surface area contributed by atoms with E-state index in [1.165, 1.54) is 31.2 Å². The van der Waals surface area contributed by atoms with E-state index in [1.807, 2.05) is 12.4 Å². The molecule has 0 spiro atoms. The summed E-state index contributed by atoms with van der Waals surface area (Å²) in [6.45, 7) is 5.52. The van der Waals surface area contributed by atoms with Crippen LogP contribution in [0.2, 0.25) is 0 Å². The van der Waals surface area contributed by atoms with Crippen LogP contribution in [-0.2, 0) is 5.41 Å². The highest BCUT2D eigenvalue weighted by molar-refractivity contribution is 5.24. The Labute approximate surface area is 98.5 Å². The summed E-state index contributed by atoms with van der Waals surface area (Å²) in [5, 5.41) is 3.60. The fourth-order valence-corrected chi connectivity index (χ4v) is 2.70. The summed E-state index contributed by atoms with van der Waals surface area (Å²) in [5.74, 6) is 0.